The Morgan fingerprint density at radius 2 is 2.03 bits per heavy atom. The van der Waals surface area contributed by atoms with Gasteiger partial charge in [0.2, 0.25) is 5.95 Å². The molecule has 0 fully saturated rings. The van der Waals surface area contributed by atoms with Crippen LogP contribution in [0.1, 0.15) is 28.0 Å². The van der Waals surface area contributed by atoms with E-state index < -0.39 is 31.7 Å². The van der Waals surface area contributed by atoms with Crippen LogP contribution in [0.25, 0.3) is 11.2 Å². The Morgan fingerprint density at radius 3 is 2.75 bits per heavy atom. The topological polar surface area (TPSA) is 220 Å². The molecule has 1 amide bonds. The van der Waals surface area contributed by atoms with Crippen LogP contribution in [-0.4, -0.2) is 67.5 Å². The van der Waals surface area contributed by atoms with E-state index in [1.54, 1.807) is 24.4 Å². The molecular formula is C21H25N8O6P. The lowest BCUT2D eigenvalue weighted by atomic mass is 10.1. The summed E-state index contributed by atoms with van der Waals surface area (Å²) in [6, 6.07) is 3.96. The molecule has 0 aliphatic carbocycles. The zero-order chi connectivity index (χ0) is 26.0. The van der Waals surface area contributed by atoms with E-state index in [1.807, 2.05) is 0 Å². The fraction of sp³-hybridized carbons (Fsp3) is 0.333. The Morgan fingerprint density at radius 1 is 1.25 bits per heavy atom. The van der Waals surface area contributed by atoms with Gasteiger partial charge in [0.25, 0.3) is 5.91 Å². The molecule has 15 heteroatoms. The van der Waals surface area contributed by atoms with Crippen LogP contribution in [0.2, 0.25) is 0 Å². The predicted octanol–water partition coefficient (Wildman–Crippen LogP) is -0.0139. The van der Waals surface area contributed by atoms with Gasteiger partial charge < -0.3 is 36.2 Å². The van der Waals surface area contributed by atoms with Gasteiger partial charge in [0.15, 0.2) is 17.0 Å². The Kier molecular flexibility index (Phi) is 7.02. The normalized spacial score (nSPS) is 13.9. The fourth-order valence-electron chi connectivity index (χ4n) is 3.96. The van der Waals surface area contributed by atoms with Crippen molar-refractivity contribution in [2.75, 3.05) is 36.2 Å². The molecule has 1 aliphatic heterocycles. The van der Waals surface area contributed by atoms with Crippen molar-refractivity contribution in [3.05, 3.63) is 41.2 Å². The number of nitrogen functional groups attached to an aromatic ring is 2. The van der Waals surface area contributed by atoms with Gasteiger partial charge in [0.1, 0.15) is 6.04 Å². The van der Waals surface area contributed by atoms with Crippen molar-refractivity contribution in [2.24, 2.45) is 0 Å². The van der Waals surface area contributed by atoms with Gasteiger partial charge in [0, 0.05) is 17.8 Å². The van der Waals surface area contributed by atoms with Gasteiger partial charge in [0.05, 0.1) is 31.7 Å². The molecule has 0 radical (unpaired) electrons. The van der Waals surface area contributed by atoms with Gasteiger partial charge in [-0.25, -0.2) is 14.8 Å². The van der Waals surface area contributed by atoms with Crippen LogP contribution in [-0.2, 0) is 27.1 Å². The lowest BCUT2D eigenvalue weighted by Crippen LogP contribution is -2.42. The number of fused-ring (bicyclic) bond motifs is 2. The first-order valence-electron chi connectivity index (χ1n) is 10.9. The number of benzene rings is 1. The first kappa shape index (κ1) is 25.2. The van der Waals surface area contributed by atoms with Gasteiger partial charge in [-0.1, -0.05) is 0 Å². The largest absolute Gasteiger partial charge is 0.467 e. The minimum Gasteiger partial charge on any atom is -0.467 e. The lowest BCUT2D eigenvalue weighted by molar-refractivity contribution is -0.142. The summed E-state index contributed by atoms with van der Waals surface area (Å²) < 4.78 is 15.8. The molecule has 2 aromatic heterocycles. The van der Waals surface area contributed by atoms with Crippen molar-refractivity contribution < 1.29 is 28.7 Å². The van der Waals surface area contributed by atoms with Crippen molar-refractivity contribution in [1.29, 1.82) is 0 Å². The van der Waals surface area contributed by atoms with Gasteiger partial charge in [-0.15, -0.1) is 0 Å². The molecule has 1 aliphatic rings. The number of hydrogen-bond donors (Lipinski definition) is 5. The highest BCUT2D eigenvalue weighted by Crippen LogP contribution is 2.35. The van der Waals surface area contributed by atoms with E-state index in [2.05, 4.69) is 34.9 Å². The number of nitrogens with zero attached hydrogens (tertiary/aromatic N) is 5. The van der Waals surface area contributed by atoms with Gasteiger partial charge in [-0.05, 0) is 36.6 Å². The molecule has 3 heterocycles. The number of hydrogen-bond acceptors (Lipinski definition) is 11. The van der Waals surface area contributed by atoms with Gasteiger partial charge in [-0.3, -0.25) is 9.36 Å². The van der Waals surface area contributed by atoms with E-state index in [0.29, 0.717) is 41.9 Å². The molecule has 0 bridgehead atoms. The molecule has 3 aromatic rings. The number of aromatic nitrogens is 4. The number of nitrogens with two attached hydrogens (primary N) is 2. The summed E-state index contributed by atoms with van der Waals surface area (Å²) in [4.78, 5) is 61.8. The van der Waals surface area contributed by atoms with Crippen LogP contribution in [0.5, 0.6) is 0 Å². The molecule has 1 unspecified atom stereocenters. The number of nitrogens with one attached hydrogen (secondary N) is 1. The number of rotatable bonds is 8. The molecule has 0 spiro atoms. The highest BCUT2D eigenvalue weighted by molar-refractivity contribution is 7.51. The third kappa shape index (κ3) is 5.67. The smallest absolute Gasteiger partial charge is 0.328 e. The molecule has 1 atom stereocenters. The van der Waals surface area contributed by atoms with Crippen LogP contribution in [0, 0.1) is 0 Å². The third-order valence-electron chi connectivity index (χ3n) is 5.69. The molecular weight excluding hydrogens is 491 g/mol. The van der Waals surface area contributed by atoms with Crippen LogP contribution in [0.4, 0.5) is 17.5 Å². The first-order chi connectivity index (χ1) is 17.0. The highest BCUT2D eigenvalue weighted by atomic mass is 31.2. The SMILES string of the molecule is COC(=O)C(CCP(=O)(O)O)NC(=O)c1ccc2c(c1)CCN2Cc1cnc2nc(N)nc(N)c2n1. The Labute approximate surface area is 205 Å². The van der Waals surface area contributed by atoms with Gasteiger partial charge >= 0.3 is 13.6 Å². The number of methoxy groups -OCH3 is 1. The first-order valence-corrected chi connectivity index (χ1v) is 12.7. The fourth-order valence-corrected chi connectivity index (χ4v) is 4.55. The molecule has 190 valence electrons. The standard InChI is InChI=1S/C21H25N8O6P/c1-35-20(31)14(5-7-36(32,33)34)26-19(30)12-2-3-15-11(8-12)4-6-29(15)10-13-9-24-18-16(25-13)17(22)27-21(23)28-18/h2-3,8-9,14H,4-7,10H2,1H3,(H,26,30)(H2,32,33,34)(H4,22,23,24,27,28). The molecule has 1 aromatic carbocycles. The zero-order valence-corrected chi connectivity index (χ0v) is 20.2. The maximum atomic E-state index is 12.8. The molecule has 7 N–H and O–H groups in total. The van der Waals surface area contributed by atoms with Crippen molar-refractivity contribution in [2.45, 2.75) is 25.4 Å². The summed E-state index contributed by atoms with van der Waals surface area (Å²) in [7, 11) is -3.21. The quantitative estimate of drug-likeness (QED) is 0.197. The highest BCUT2D eigenvalue weighted by Gasteiger charge is 2.27. The molecule has 14 nitrogen and oxygen atoms in total. The van der Waals surface area contributed by atoms with E-state index in [4.69, 9.17) is 21.3 Å². The summed E-state index contributed by atoms with van der Waals surface area (Å²) in [5.41, 5.74) is 15.0. The summed E-state index contributed by atoms with van der Waals surface area (Å²) in [5.74, 6) is -1.16. The van der Waals surface area contributed by atoms with E-state index >= 15 is 0 Å². The van der Waals surface area contributed by atoms with E-state index in [9.17, 15) is 14.2 Å². The zero-order valence-electron chi connectivity index (χ0n) is 19.3. The van der Waals surface area contributed by atoms with Crippen molar-refractivity contribution in [3.8, 4) is 0 Å². The van der Waals surface area contributed by atoms with E-state index in [-0.39, 0.29) is 18.2 Å². The van der Waals surface area contributed by atoms with Gasteiger partial charge in [-0.2, -0.15) is 9.97 Å². The Bertz CT molecular complexity index is 1380. The molecule has 4 rings (SSSR count). The monoisotopic (exact) mass is 516 g/mol. The summed E-state index contributed by atoms with van der Waals surface area (Å²) in [6.07, 6.45) is 1.46. The number of ether oxygens (including phenoxy) is 1. The van der Waals surface area contributed by atoms with Crippen LogP contribution in [0.15, 0.2) is 24.4 Å². The third-order valence-corrected chi connectivity index (χ3v) is 6.53. The predicted molar refractivity (Wildman–Crippen MR) is 130 cm³/mol. The van der Waals surface area contributed by atoms with Crippen LogP contribution in [0.3, 0.4) is 0 Å². The second kappa shape index (κ2) is 10.0. The van der Waals surface area contributed by atoms with Crippen LogP contribution >= 0.6 is 7.60 Å². The summed E-state index contributed by atoms with van der Waals surface area (Å²) in [5, 5.41) is 2.50. The molecule has 36 heavy (non-hydrogen) atoms. The Hall–Kier alpha value is -3.87. The van der Waals surface area contributed by atoms with Crippen LogP contribution < -0.4 is 21.7 Å². The number of carbonyl (C=O) groups excluding carboxylic acids is 2. The number of amides is 1. The Balaban J connectivity index is 1.48. The summed E-state index contributed by atoms with van der Waals surface area (Å²) >= 11 is 0. The second-order valence-corrected chi connectivity index (χ2v) is 10.0. The minimum absolute atomic E-state index is 0.0232. The van der Waals surface area contributed by atoms with Crippen molar-refractivity contribution in [1.82, 2.24) is 25.3 Å². The maximum Gasteiger partial charge on any atom is 0.328 e. The average Bonchev–Trinajstić information content (AvgIpc) is 3.22. The summed E-state index contributed by atoms with van der Waals surface area (Å²) in [6.45, 7) is 1.12. The average molecular weight is 516 g/mol. The second-order valence-electron chi connectivity index (χ2n) is 8.24. The van der Waals surface area contributed by atoms with E-state index in [0.717, 1.165) is 18.4 Å². The lowest BCUT2D eigenvalue weighted by Gasteiger charge is -2.20. The molecule has 0 saturated heterocycles. The van der Waals surface area contributed by atoms with Crippen molar-refractivity contribution >= 4 is 48.1 Å². The number of esters is 1. The number of anilines is 3. The minimum atomic E-state index is -4.34. The molecule has 0 saturated carbocycles. The maximum absolute atomic E-state index is 12.8. The van der Waals surface area contributed by atoms with E-state index in [1.165, 1.54) is 0 Å². The van der Waals surface area contributed by atoms with Crippen molar-refractivity contribution in [3.63, 3.8) is 0 Å². The number of carbonyl (C=O) groups is 2.